The van der Waals surface area contributed by atoms with Crippen molar-refractivity contribution >= 4 is 93.5 Å². The smallest absolute Gasteiger partial charge is 0.143 e. The van der Waals surface area contributed by atoms with Gasteiger partial charge in [0.25, 0.3) is 0 Å². The van der Waals surface area contributed by atoms with Crippen LogP contribution in [0.1, 0.15) is 0 Å². The van der Waals surface area contributed by atoms with Crippen molar-refractivity contribution in [3.8, 4) is 27.9 Å². The molecule has 13 rings (SSSR count). The van der Waals surface area contributed by atoms with E-state index in [1.54, 1.807) is 0 Å². The minimum atomic E-state index is 0.847. The lowest BCUT2D eigenvalue weighted by Crippen LogP contribution is -2.11. The predicted molar refractivity (Wildman–Crippen MR) is 258 cm³/mol. The second kappa shape index (κ2) is 13.6. The van der Waals surface area contributed by atoms with Gasteiger partial charge in [-0.1, -0.05) is 133 Å². The number of rotatable bonds is 6. The lowest BCUT2D eigenvalue weighted by molar-refractivity contribution is 0.669. The topological polar surface area (TPSA) is 34.5 Å². The highest BCUT2D eigenvalue weighted by Gasteiger charge is 2.23. The molecule has 0 unspecified atom stereocenters. The van der Waals surface area contributed by atoms with E-state index in [-0.39, 0.29) is 0 Å². The number of aromatic nitrogens is 1. The molecule has 0 amide bonds. The number of hydrogen-bond acceptors (Lipinski definition) is 3. The molecule has 0 saturated carbocycles. The van der Waals surface area contributed by atoms with Gasteiger partial charge in [0.05, 0.1) is 27.8 Å². The quantitative estimate of drug-likeness (QED) is 0.168. The minimum absolute atomic E-state index is 0.847. The fourth-order valence-electron chi connectivity index (χ4n) is 9.75. The van der Waals surface area contributed by atoms with Crippen LogP contribution in [0.5, 0.6) is 0 Å². The number of para-hydroxylation sites is 4. The summed E-state index contributed by atoms with van der Waals surface area (Å²) in [6, 6.07) is 78.0. The van der Waals surface area contributed by atoms with E-state index < -0.39 is 0 Å². The van der Waals surface area contributed by atoms with Crippen molar-refractivity contribution in [1.82, 2.24) is 4.57 Å². The van der Waals surface area contributed by atoms with Crippen molar-refractivity contribution in [2.75, 3.05) is 4.90 Å². The van der Waals surface area contributed by atoms with Gasteiger partial charge in [-0.25, -0.2) is 0 Å². The average Bonchev–Trinajstić information content (AvgIpc) is 4.02. The summed E-state index contributed by atoms with van der Waals surface area (Å²) in [5, 5.41) is 9.11. The third kappa shape index (κ3) is 5.27. The molecule has 0 aliphatic heterocycles. The number of fused-ring (bicyclic) bond motifs is 11. The Labute approximate surface area is 356 Å². The highest BCUT2D eigenvalue weighted by atomic mass is 16.3. The van der Waals surface area contributed by atoms with Crippen molar-refractivity contribution in [2.45, 2.75) is 0 Å². The van der Waals surface area contributed by atoms with Crippen LogP contribution >= 0.6 is 0 Å². The second-order valence-electron chi connectivity index (χ2n) is 16.0. The van der Waals surface area contributed by atoms with Crippen molar-refractivity contribution < 1.29 is 8.83 Å². The van der Waals surface area contributed by atoms with Crippen LogP contribution in [0.25, 0.3) is 104 Å². The molecule has 0 bridgehead atoms. The Kier molecular flexibility index (Phi) is 7.57. The van der Waals surface area contributed by atoms with Crippen LogP contribution in [0.4, 0.5) is 17.1 Å². The van der Waals surface area contributed by atoms with Gasteiger partial charge in [0.15, 0.2) is 0 Å². The van der Waals surface area contributed by atoms with Gasteiger partial charge in [0.1, 0.15) is 22.3 Å². The van der Waals surface area contributed by atoms with E-state index >= 15 is 0 Å². The van der Waals surface area contributed by atoms with E-state index in [4.69, 9.17) is 8.83 Å². The maximum absolute atomic E-state index is 6.75. The summed E-state index contributed by atoms with van der Waals surface area (Å²) in [7, 11) is 0. The zero-order valence-electron chi connectivity index (χ0n) is 33.5. The van der Waals surface area contributed by atoms with Crippen molar-refractivity contribution in [1.29, 1.82) is 0 Å². The monoisotopic (exact) mass is 792 g/mol. The zero-order valence-corrected chi connectivity index (χ0v) is 33.5. The molecule has 10 aromatic carbocycles. The molecule has 0 radical (unpaired) electrons. The largest absolute Gasteiger partial charge is 0.456 e. The van der Waals surface area contributed by atoms with Crippen molar-refractivity contribution in [2.24, 2.45) is 0 Å². The first kappa shape index (κ1) is 34.5. The summed E-state index contributed by atoms with van der Waals surface area (Å²) in [5.41, 5.74) is 14.7. The summed E-state index contributed by atoms with van der Waals surface area (Å²) in [5.74, 6) is 0. The Hall–Kier alpha value is -8.34. The molecular formula is C58H36N2O2. The van der Waals surface area contributed by atoms with E-state index in [0.29, 0.717) is 0 Å². The Morgan fingerprint density at radius 1 is 0.355 bits per heavy atom. The van der Waals surface area contributed by atoms with E-state index in [1.165, 1.54) is 27.4 Å². The molecule has 13 aromatic rings. The highest BCUT2D eigenvalue weighted by molar-refractivity contribution is 6.20. The Balaban J connectivity index is 0.998. The van der Waals surface area contributed by atoms with Crippen LogP contribution in [-0.2, 0) is 0 Å². The lowest BCUT2D eigenvalue weighted by atomic mass is 9.98. The first-order valence-electron chi connectivity index (χ1n) is 21.1. The summed E-state index contributed by atoms with van der Waals surface area (Å²) < 4.78 is 15.5. The van der Waals surface area contributed by atoms with Crippen LogP contribution in [-0.4, -0.2) is 4.57 Å². The molecular weight excluding hydrogens is 757 g/mol. The van der Waals surface area contributed by atoms with Gasteiger partial charge in [-0.2, -0.15) is 0 Å². The Bertz CT molecular complexity index is 3870. The fourth-order valence-corrected chi connectivity index (χ4v) is 9.75. The third-order valence-electron chi connectivity index (χ3n) is 12.6. The van der Waals surface area contributed by atoms with E-state index in [1.807, 2.05) is 12.1 Å². The predicted octanol–water partition coefficient (Wildman–Crippen LogP) is 16.5. The number of benzene rings is 10. The third-order valence-corrected chi connectivity index (χ3v) is 12.6. The van der Waals surface area contributed by atoms with E-state index in [9.17, 15) is 0 Å². The second-order valence-corrected chi connectivity index (χ2v) is 16.0. The molecule has 3 aromatic heterocycles. The van der Waals surface area contributed by atoms with Gasteiger partial charge in [-0.15, -0.1) is 0 Å². The molecule has 3 heterocycles. The van der Waals surface area contributed by atoms with Crippen LogP contribution in [0.3, 0.4) is 0 Å². The molecule has 0 atom stereocenters. The fraction of sp³-hybridized carbons (Fsp3) is 0. The molecule has 0 aliphatic rings. The van der Waals surface area contributed by atoms with Crippen LogP contribution < -0.4 is 4.90 Å². The summed E-state index contributed by atoms with van der Waals surface area (Å²) in [4.78, 5) is 2.39. The normalized spacial score (nSPS) is 11.9. The highest BCUT2D eigenvalue weighted by Crippen LogP contribution is 2.48. The number of anilines is 3. The van der Waals surface area contributed by atoms with Gasteiger partial charge in [0, 0.05) is 49.3 Å². The van der Waals surface area contributed by atoms with Gasteiger partial charge < -0.3 is 18.3 Å². The van der Waals surface area contributed by atoms with E-state index in [0.717, 1.165) is 94.1 Å². The summed E-state index contributed by atoms with van der Waals surface area (Å²) in [6.45, 7) is 0. The van der Waals surface area contributed by atoms with Crippen LogP contribution in [0.15, 0.2) is 227 Å². The van der Waals surface area contributed by atoms with Crippen molar-refractivity contribution in [3.05, 3.63) is 218 Å². The first-order valence-corrected chi connectivity index (χ1v) is 21.1. The molecule has 62 heavy (non-hydrogen) atoms. The van der Waals surface area contributed by atoms with E-state index in [2.05, 4.69) is 216 Å². The summed E-state index contributed by atoms with van der Waals surface area (Å²) >= 11 is 0. The first-order chi connectivity index (χ1) is 30.7. The van der Waals surface area contributed by atoms with Gasteiger partial charge in [-0.3, -0.25) is 0 Å². The SMILES string of the molecule is c1ccc(-n2c3ccccc3c3cc(-c4ccc(N(c5ccccc5-c5ccc6c(c5)oc5ccccc56)c5cccc6oc7c8ccccc8ccc7c56)cc4)ccc32)cc1. The number of nitrogens with zero attached hydrogens (tertiary/aromatic N) is 2. The average molecular weight is 793 g/mol. The standard InChI is InChI=1S/C58H36N2O2/c1-2-14-41(15-3-1)59-51-21-10-7-18-45(51)49-35-39(29-34-52(49)59)37-25-30-42(31-26-37)60(53-22-12-24-55-57(53)48-33-27-38-13-4-5-17-44(38)58(48)62-55)50-20-9-6-16-43(50)40-28-32-47-46-19-8-11-23-54(46)61-56(47)36-40/h1-36H. The van der Waals surface area contributed by atoms with Crippen LogP contribution in [0, 0.1) is 0 Å². The molecule has 0 spiro atoms. The molecule has 4 heteroatoms. The van der Waals surface area contributed by atoms with Gasteiger partial charge >= 0.3 is 0 Å². The lowest BCUT2D eigenvalue weighted by Gasteiger charge is -2.28. The molecule has 4 nitrogen and oxygen atoms in total. The maximum Gasteiger partial charge on any atom is 0.143 e. The molecule has 0 aliphatic carbocycles. The number of hydrogen-bond donors (Lipinski definition) is 0. The Morgan fingerprint density at radius 3 is 1.92 bits per heavy atom. The minimum Gasteiger partial charge on any atom is -0.456 e. The van der Waals surface area contributed by atoms with Crippen molar-refractivity contribution in [3.63, 3.8) is 0 Å². The maximum atomic E-state index is 6.75. The number of furan rings is 2. The molecule has 290 valence electrons. The molecule has 0 N–H and O–H groups in total. The molecule has 0 saturated heterocycles. The van der Waals surface area contributed by atoms with Gasteiger partial charge in [-0.05, 0) is 107 Å². The van der Waals surface area contributed by atoms with Gasteiger partial charge in [0.2, 0.25) is 0 Å². The molecule has 0 fully saturated rings. The summed E-state index contributed by atoms with van der Waals surface area (Å²) in [6.07, 6.45) is 0. The Morgan fingerprint density at radius 2 is 1.02 bits per heavy atom. The zero-order chi connectivity index (χ0) is 40.7. The van der Waals surface area contributed by atoms with Crippen LogP contribution in [0.2, 0.25) is 0 Å².